The molecule has 1 aromatic heterocycles. The van der Waals surface area contributed by atoms with Gasteiger partial charge in [-0.3, -0.25) is 9.59 Å². The predicted molar refractivity (Wildman–Crippen MR) is 127 cm³/mol. The number of fused-ring (bicyclic) bond motifs is 1. The van der Waals surface area contributed by atoms with Gasteiger partial charge < -0.3 is 15.4 Å². The molecule has 186 valence electrons. The molecule has 6 nitrogen and oxygen atoms in total. The number of carbonyl (C=O) groups excluding carboxylic acids is 2. The average molecular weight is 496 g/mol. The maximum atomic E-state index is 13.0. The highest BCUT2D eigenvalue weighted by Crippen LogP contribution is 2.32. The van der Waals surface area contributed by atoms with E-state index in [-0.39, 0.29) is 23.4 Å². The Kier molecular flexibility index (Phi) is 6.38. The molecule has 0 saturated heterocycles. The minimum absolute atomic E-state index is 0.0185. The summed E-state index contributed by atoms with van der Waals surface area (Å²) in [7, 11) is 0. The Labute approximate surface area is 205 Å². The van der Waals surface area contributed by atoms with Crippen LogP contribution in [-0.4, -0.2) is 22.8 Å². The first-order chi connectivity index (χ1) is 17.2. The lowest BCUT2D eigenvalue weighted by Gasteiger charge is -2.26. The molecule has 2 aliphatic carbocycles. The molecule has 2 amide bonds. The third-order valence-electron chi connectivity index (χ3n) is 6.36. The zero-order chi connectivity index (χ0) is 25.3. The highest BCUT2D eigenvalue weighted by Gasteiger charge is 2.31. The van der Waals surface area contributed by atoms with Crippen LogP contribution in [-0.2, 0) is 23.8 Å². The number of nitrogens with one attached hydrogen (secondary N) is 2. The van der Waals surface area contributed by atoms with E-state index >= 15 is 0 Å². The summed E-state index contributed by atoms with van der Waals surface area (Å²) < 4.78 is 45.0. The molecular formula is C27H24F3N3O3. The number of pyridine rings is 1. The molecule has 2 N–H and O–H groups in total. The van der Waals surface area contributed by atoms with Crippen molar-refractivity contribution < 1.29 is 27.5 Å². The van der Waals surface area contributed by atoms with E-state index in [1.54, 1.807) is 18.3 Å². The molecule has 36 heavy (non-hydrogen) atoms. The van der Waals surface area contributed by atoms with E-state index in [2.05, 4.69) is 15.6 Å². The second kappa shape index (κ2) is 9.64. The van der Waals surface area contributed by atoms with Crippen molar-refractivity contribution in [3.05, 3.63) is 83.0 Å². The van der Waals surface area contributed by atoms with E-state index in [0.717, 1.165) is 42.5 Å². The van der Waals surface area contributed by atoms with Crippen LogP contribution in [0.4, 0.5) is 19.0 Å². The molecule has 2 aromatic carbocycles. The van der Waals surface area contributed by atoms with E-state index in [4.69, 9.17) is 4.74 Å². The van der Waals surface area contributed by atoms with Crippen molar-refractivity contribution in [1.82, 2.24) is 10.3 Å². The molecule has 1 unspecified atom stereocenters. The number of hydrogen-bond acceptors (Lipinski definition) is 4. The summed E-state index contributed by atoms with van der Waals surface area (Å²) in [6.07, 6.45) is 0.819. The average Bonchev–Trinajstić information content (AvgIpc) is 3.69. The molecule has 1 saturated carbocycles. The first kappa shape index (κ1) is 23.8. The number of benzene rings is 2. The molecule has 2 aliphatic rings. The second-order valence-electron chi connectivity index (χ2n) is 9.16. The van der Waals surface area contributed by atoms with Gasteiger partial charge in [-0.25, -0.2) is 4.98 Å². The van der Waals surface area contributed by atoms with Gasteiger partial charge in [-0.2, -0.15) is 13.2 Å². The van der Waals surface area contributed by atoms with Gasteiger partial charge in [0.25, 0.3) is 5.91 Å². The van der Waals surface area contributed by atoms with E-state index in [1.165, 1.54) is 12.1 Å². The molecule has 1 atom stereocenters. The highest BCUT2D eigenvalue weighted by molar-refractivity contribution is 5.94. The lowest BCUT2D eigenvalue weighted by atomic mass is 9.88. The molecule has 0 bridgehead atoms. The highest BCUT2D eigenvalue weighted by atomic mass is 19.4. The fourth-order valence-corrected chi connectivity index (χ4v) is 4.28. The van der Waals surface area contributed by atoms with Crippen molar-refractivity contribution in [2.24, 2.45) is 5.92 Å². The second-order valence-corrected chi connectivity index (χ2v) is 9.16. The third-order valence-corrected chi connectivity index (χ3v) is 6.36. The van der Waals surface area contributed by atoms with Gasteiger partial charge in [0.2, 0.25) is 5.91 Å². The number of rotatable bonds is 6. The number of carbonyl (C=O) groups is 2. The summed E-state index contributed by atoms with van der Waals surface area (Å²) in [5.74, 6) is 1.07. The van der Waals surface area contributed by atoms with Crippen LogP contribution < -0.4 is 15.4 Å². The number of ether oxygens (including phenoxy) is 1. The van der Waals surface area contributed by atoms with Crippen molar-refractivity contribution in [1.29, 1.82) is 0 Å². The lowest BCUT2D eigenvalue weighted by molar-refractivity contribution is -0.137. The van der Waals surface area contributed by atoms with Gasteiger partial charge in [0.15, 0.2) is 0 Å². The van der Waals surface area contributed by atoms with E-state index in [0.29, 0.717) is 30.2 Å². The first-order valence-corrected chi connectivity index (χ1v) is 11.8. The topological polar surface area (TPSA) is 80.3 Å². The molecule has 0 radical (unpaired) electrons. The van der Waals surface area contributed by atoms with E-state index in [1.807, 2.05) is 18.2 Å². The zero-order valence-electron chi connectivity index (χ0n) is 19.3. The van der Waals surface area contributed by atoms with Gasteiger partial charge in [-0.15, -0.1) is 0 Å². The van der Waals surface area contributed by atoms with Crippen molar-refractivity contribution >= 4 is 17.6 Å². The van der Waals surface area contributed by atoms with Gasteiger partial charge in [0.1, 0.15) is 17.3 Å². The zero-order valence-corrected chi connectivity index (χ0v) is 19.3. The summed E-state index contributed by atoms with van der Waals surface area (Å²) in [6, 6.07) is 13.3. The minimum atomic E-state index is -4.51. The number of amides is 2. The molecule has 1 fully saturated rings. The molecule has 5 rings (SSSR count). The van der Waals surface area contributed by atoms with Crippen LogP contribution in [0.1, 0.15) is 46.3 Å². The molecule has 3 aromatic rings. The number of hydrogen-bond donors (Lipinski definition) is 2. The van der Waals surface area contributed by atoms with Gasteiger partial charge in [0, 0.05) is 29.8 Å². The quantitative estimate of drug-likeness (QED) is 0.471. The van der Waals surface area contributed by atoms with Crippen LogP contribution in [0, 0.1) is 5.92 Å². The molecular weight excluding hydrogens is 471 g/mol. The number of halogens is 3. The fraction of sp³-hybridized carbons (Fsp3) is 0.296. The third kappa shape index (κ3) is 5.67. The molecule has 0 aliphatic heterocycles. The lowest BCUT2D eigenvalue weighted by Crippen LogP contribution is -2.38. The summed E-state index contributed by atoms with van der Waals surface area (Å²) >= 11 is 0. The number of aryl methyl sites for hydroxylation is 1. The number of nitrogens with zero attached hydrogens (tertiary/aromatic N) is 1. The fourth-order valence-electron chi connectivity index (χ4n) is 4.28. The van der Waals surface area contributed by atoms with Crippen LogP contribution in [0.5, 0.6) is 11.5 Å². The Bertz CT molecular complexity index is 1300. The first-order valence-electron chi connectivity index (χ1n) is 11.8. The maximum absolute atomic E-state index is 13.0. The van der Waals surface area contributed by atoms with Crippen LogP contribution in [0.15, 0.2) is 60.8 Å². The minimum Gasteiger partial charge on any atom is -0.457 e. The van der Waals surface area contributed by atoms with Gasteiger partial charge in [0.05, 0.1) is 5.56 Å². The normalized spacial score (nSPS) is 17.1. The van der Waals surface area contributed by atoms with E-state index < -0.39 is 17.6 Å². The van der Waals surface area contributed by atoms with Crippen molar-refractivity contribution in [3.8, 4) is 11.5 Å². The van der Waals surface area contributed by atoms with Crippen LogP contribution in [0.3, 0.4) is 0 Å². The van der Waals surface area contributed by atoms with Crippen molar-refractivity contribution in [2.75, 3.05) is 5.32 Å². The van der Waals surface area contributed by atoms with Gasteiger partial charge >= 0.3 is 6.18 Å². The monoisotopic (exact) mass is 495 g/mol. The standard InChI is InChI=1S/C27H24F3N3O3/c28-27(29,30)20-3-1-2-18(12-20)26(35)32-21-8-6-16-7-9-22(14-19(16)13-21)36-23-10-11-31-24(15-23)33-25(34)17-4-5-17/h1-3,7,9-12,14-15,17,21H,4-6,8,13H2,(H,32,35)(H,31,33,34). The summed E-state index contributed by atoms with van der Waals surface area (Å²) in [5, 5.41) is 5.66. The number of anilines is 1. The van der Waals surface area contributed by atoms with Gasteiger partial charge in [-0.05, 0) is 79.6 Å². The largest absolute Gasteiger partial charge is 0.457 e. The Hall–Kier alpha value is -3.88. The molecule has 0 spiro atoms. The smallest absolute Gasteiger partial charge is 0.416 e. The summed E-state index contributed by atoms with van der Waals surface area (Å²) in [6.45, 7) is 0. The van der Waals surface area contributed by atoms with Crippen LogP contribution in [0.25, 0.3) is 0 Å². The molecule has 1 heterocycles. The number of aromatic nitrogens is 1. The van der Waals surface area contributed by atoms with Crippen LogP contribution in [0.2, 0.25) is 0 Å². The predicted octanol–water partition coefficient (Wildman–Crippen LogP) is 5.53. The van der Waals surface area contributed by atoms with Crippen LogP contribution >= 0.6 is 0 Å². The Morgan fingerprint density at radius 3 is 2.53 bits per heavy atom. The van der Waals surface area contributed by atoms with Gasteiger partial charge in [-0.1, -0.05) is 12.1 Å². The Morgan fingerprint density at radius 2 is 1.75 bits per heavy atom. The SMILES string of the molecule is O=C(NC1CCc2ccc(Oc3ccnc(NC(=O)C4CC4)c3)cc2C1)c1cccc(C(F)(F)F)c1. The Morgan fingerprint density at radius 1 is 0.944 bits per heavy atom. The maximum Gasteiger partial charge on any atom is 0.416 e. The Balaban J connectivity index is 1.24. The summed E-state index contributed by atoms with van der Waals surface area (Å²) in [5.41, 5.74) is 1.27. The summed E-state index contributed by atoms with van der Waals surface area (Å²) in [4.78, 5) is 28.8. The van der Waals surface area contributed by atoms with Crippen molar-refractivity contribution in [3.63, 3.8) is 0 Å². The van der Waals surface area contributed by atoms with E-state index in [9.17, 15) is 22.8 Å². The number of alkyl halides is 3. The van der Waals surface area contributed by atoms with Crippen molar-refractivity contribution in [2.45, 2.75) is 44.3 Å². The molecule has 9 heteroatoms.